The smallest absolute Gasteiger partial charge is 0.279 e. The molecule has 0 bridgehead atoms. The summed E-state index contributed by atoms with van der Waals surface area (Å²) in [7, 11) is 1.67. The molecule has 0 atom stereocenters. The van der Waals surface area contributed by atoms with E-state index >= 15 is 0 Å². The highest BCUT2D eigenvalue weighted by molar-refractivity contribution is 6.03. The van der Waals surface area contributed by atoms with Crippen LogP contribution in [0.25, 0.3) is 0 Å². The molecule has 6 nitrogen and oxygen atoms in total. The lowest BCUT2D eigenvalue weighted by Crippen LogP contribution is -2.28. The highest BCUT2D eigenvalue weighted by Crippen LogP contribution is 2.11. The number of hydrogen-bond acceptors (Lipinski definition) is 5. The number of pyridine rings is 1. The first-order chi connectivity index (χ1) is 9.72. The first kappa shape index (κ1) is 13.9. The summed E-state index contributed by atoms with van der Waals surface area (Å²) >= 11 is 0. The third-order valence-electron chi connectivity index (χ3n) is 2.71. The van der Waals surface area contributed by atoms with Crippen molar-refractivity contribution in [1.82, 2.24) is 15.0 Å². The third kappa shape index (κ3) is 3.28. The lowest BCUT2D eigenvalue weighted by atomic mass is 10.3. The van der Waals surface area contributed by atoms with Gasteiger partial charge in [-0.3, -0.25) is 14.7 Å². The van der Waals surface area contributed by atoms with Crippen molar-refractivity contribution in [1.29, 1.82) is 0 Å². The molecule has 2 aromatic heterocycles. The van der Waals surface area contributed by atoms with Crippen molar-refractivity contribution in [3.05, 3.63) is 42.5 Å². The van der Waals surface area contributed by atoms with Crippen LogP contribution >= 0.6 is 0 Å². The number of carbonyl (C=O) groups is 1. The van der Waals surface area contributed by atoms with Gasteiger partial charge in [0.15, 0.2) is 0 Å². The normalized spacial score (nSPS) is 10.1. The summed E-state index contributed by atoms with van der Waals surface area (Å²) in [6.45, 7) is 2.85. The van der Waals surface area contributed by atoms with E-state index in [4.69, 9.17) is 0 Å². The van der Waals surface area contributed by atoms with E-state index in [0.29, 0.717) is 17.3 Å². The van der Waals surface area contributed by atoms with Gasteiger partial charge in [0, 0.05) is 19.8 Å². The van der Waals surface area contributed by atoms with Crippen LogP contribution in [0.1, 0.15) is 23.8 Å². The minimum absolute atomic E-state index is 0.239. The summed E-state index contributed by atoms with van der Waals surface area (Å²) in [6, 6.07) is 5.40. The molecule has 2 rings (SSSR count). The van der Waals surface area contributed by atoms with Crippen LogP contribution < -0.4 is 10.2 Å². The van der Waals surface area contributed by atoms with Crippen molar-refractivity contribution in [2.45, 2.75) is 13.3 Å². The molecule has 1 N–H and O–H groups in total. The SMILES string of the molecule is CCCNc1cncc(C(=O)N(C)c2ccccn2)n1. The molecule has 20 heavy (non-hydrogen) atoms. The van der Waals surface area contributed by atoms with Crippen molar-refractivity contribution in [3.8, 4) is 0 Å². The zero-order valence-electron chi connectivity index (χ0n) is 11.6. The molecular weight excluding hydrogens is 254 g/mol. The lowest BCUT2D eigenvalue weighted by molar-refractivity contribution is 0.0987. The predicted molar refractivity (Wildman–Crippen MR) is 77.8 cm³/mol. The number of carbonyl (C=O) groups excluding carboxylic acids is 1. The van der Waals surface area contributed by atoms with Crippen molar-refractivity contribution in [2.24, 2.45) is 0 Å². The van der Waals surface area contributed by atoms with Crippen LogP contribution in [0.3, 0.4) is 0 Å². The maximum absolute atomic E-state index is 12.3. The maximum Gasteiger partial charge on any atom is 0.279 e. The Labute approximate surface area is 117 Å². The minimum atomic E-state index is -0.239. The molecule has 2 aromatic rings. The third-order valence-corrected chi connectivity index (χ3v) is 2.71. The van der Waals surface area contributed by atoms with E-state index in [1.807, 2.05) is 6.07 Å². The average molecular weight is 271 g/mol. The second kappa shape index (κ2) is 6.60. The fourth-order valence-electron chi connectivity index (χ4n) is 1.64. The molecule has 0 aliphatic heterocycles. The molecule has 0 aliphatic carbocycles. The van der Waals surface area contributed by atoms with Crippen LogP contribution in [0.4, 0.5) is 11.6 Å². The Kier molecular flexibility index (Phi) is 4.60. The molecule has 0 saturated carbocycles. The second-order valence-corrected chi connectivity index (χ2v) is 4.27. The van der Waals surface area contributed by atoms with Crippen LogP contribution in [-0.4, -0.2) is 34.5 Å². The highest BCUT2D eigenvalue weighted by atomic mass is 16.2. The number of hydrogen-bond donors (Lipinski definition) is 1. The van der Waals surface area contributed by atoms with E-state index in [1.54, 1.807) is 31.6 Å². The van der Waals surface area contributed by atoms with Gasteiger partial charge in [0.1, 0.15) is 17.3 Å². The van der Waals surface area contributed by atoms with Gasteiger partial charge in [-0.25, -0.2) is 9.97 Å². The molecular formula is C14H17N5O. The predicted octanol–water partition coefficient (Wildman–Crippen LogP) is 1.97. The summed E-state index contributed by atoms with van der Waals surface area (Å²) in [5.41, 5.74) is 0.291. The topological polar surface area (TPSA) is 71.0 Å². The summed E-state index contributed by atoms with van der Waals surface area (Å²) < 4.78 is 0. The molecule has 0 fully saturated rings. The van der Waals surface area contributed by atoms with Crippen LogP contribution in [0.5, 0.6) is 0 Å². The van der Waals surface area contributed by atoms with Gasteiger partial charge in [-0.15, -0.1) is 0 Å². The molecule has 1 amide bonds. The zero-order valence-corrected chi connectivity index (χ0v) is 11.6. The van der Waals surface area contributed by atoms with Gasteiger partial charge in [-0.1, -0.05) is 13.0 Å². The van der Waals surface area contributed by atoms with E-state index in [1.165, 1.54) is 11.1 Å². The molecule has 0 unspecified atom stereocenters. The summed E-state index contributed by atoms with van der Waals surface area (Å²) in [5.74, 6) is 0.940. The van der Waals surface area contributed by atoms with Crippen LogP contribution in [0.2, 0.25) is 0 Å². The summed E-state index contributed by atoms with van der Waals surface area (Å²) in [5, 5.41) is 3.11. The molecule has 0 saturated heterocycles. The Morgan fingerprint density at radius 3 is 2.90 bits per heavy atom. The summed E-state index contributed by atoms with van der Waals surface area (Å²) in [4.78, 5) is 26.2. The quantitative estimate of drug-likeness (QED) is 0.900. The van der Waals surface area contributed by atoms with E-state index in [9.17, 15) is 4.79 Å². The van der Waals surface area contributed by atoms with Crippen LogP contribution in [0, 0.1) is 0 Å². The number of aromatic nitrogens is 3. The molecule has 0 aromatic carbocycles. The second-order valence-electron chi connectivity index (χ2n) is 4.27. The van der Waals surface area contributed by atoms with Gasteiger partial charge in [0.05, 0.1) is 12.4 Å². The van der Waals surface area contributed by atoms with Gasteiger partial charge in [-0.05, 0) is 18.6 Å². The molecule has 0 radical (unpaired) electrons. The highest BCUT2D eigenvalue weighted by Gasteiger charge is 2.16. The largest absolute Gasteiger partial charge is 0.369 e. The lowest BCUT2D eigenvalue weighted by Gasteiger charge is -2.15. The number of nitrogens with one attached hydrogen (secondary N) is 1. The van der Waals surface area contributed by atoms with E-state index in [-0.39, 0.29) is 5.91 Å². The number of nitrogens with zero attached hydrogens (tertiary/aromatic N) is 4. The fourth-order valence-corrected chi connectivity index (χ4v) is 1.64. The van der Waals surface area contributed by atoms with Gasteiger partial charge in [-0.2, -0.15) is 0 Å². The van der Waals surface area contributed by atoms with Gasteiger partial charge < -0.3 is 5.32 Å². The van der Waals surface area contributed by atoms with E-state index in [0.717, 1.165) is 13.0 Å². The minimum Gasteiger partial charge on any atom is -0.369 e. The van der Waals surface area contributed by atoms with E-state index in [2.05, 4.69) is 27.2 Å². The molecule has 2 heterocycles. The van der Waals surface area contributed by atoms with Crippen molar-refractivity contribution in [2.75, 3.05) is 23.8 Å². The molecule has 6 heteroatoms. The van der Waals surface area contributed by atoms with Gasteiger partial charge in [0.25, 0.3) is 5.91 Å². The molecule has 0 aliphatic rings. The number of anilines is 2. The fraction of sp³-hybridized carbons (Fsp3) is 0.286. The van der Waals surface area contributed by atoms with Crippen molar-refractivity contribution in [3.63, 3.8) is 0 Å². The van der Waals surface area contributed by atoms with Gasteiger partial charge >= 0.3 is 0 Å². The Morgan fingerprint density at radius 1 is 1.35 bits per heavy atom. The Bertz CT molecular complexity index is 573. The van der Waals surface area contributed by atoms with Crippen LogP contribution in [0.15, 0.2) is 36.8 Å². The first-order valence-corrected chi connectivity index (χ1v) is 6.47. The van der Waals surface area contributed by atoms with Crippen molar-refractivity contribution < 1.29 is 4.79 Å². The molecule has 104 valence electrons. The maximum atomic E-state index is 12.3. The Balaban J connectivity index is 2.16. The standard InChI is InChI=1S/C14H17N5O/c1-3-7-16-12-10-15-9-11(18-12)14(20)19(2)13-6-4-5-8-17-13/h4-6,8-10H,3,7H2,1-2H3,(H,16,18). The Morgan fingerprint density at radius 2 is 2.20 bits per heavy atom. The Hall–Kier alpha value is -2.50. The van der Waals surface area contributed by atoms with Crippen molar-refractivity contribution >= 4 is 17.5 Å². The average Bonchev–Trinajstić information content (AvgIpc) is 2.52. The van der Waals surface area contributed by atoms with Gasteiger partial charge in [0.2, 0.25) is 0 Å². The van der Waals surface area contributed by atoms with Crippen LogP contribution in [-0.2, 0) is 0 Å². The van der Waals surface area contributed by atoms with E-state index < -0.39 is 0 Å². The number of amides is 1. The molecule has 0 spiro atoms. The summed E-state index contributed by atoms with van der Waals surface area (Å²) in [6.07, 6.45) is 5.68. The first-order valence-electron chi connectivity index (χ1n) is 6.47. The monoisotopic (exact) mass is 271 g/mol. The number of rotatable bonds is 5. The zero-order chi connectivity index (χ0) is 14.4.